The third kappa shape index (κ3) is 4.54. The second-order valence-electron chi connectivity index (χ2n) is 6.50. The summed E-state index contributed by atoms with van der Waals surface area (Å²) in [6.07, 6.45) is -1.04. The fourth-order valence-corrected chi connectivity index (χ4v) is 3.04. The first kappa shape index (κ1) is 20.3. The Balaban J connectivity index is 1.89. The minimum absolute atomic E-state index is 0.0668. The maximum atomic E-state index is 13.0. The standard InChI is InChI=1S/C23H24N2O4/c1-4-25(5-2)22(26)20(17-12-8-6-9-13-17)29-23(27)19-16(3)28-21(24-19)18-14-10-7-11-15-18/h6-15,20H,4-5H2,1-3H3/t20-/m1/s1. The maximum Gasteiger partial charge on any atom is 0.361 e. The number of ether oxygens (including phenoxy) is 1. The Morgan fingerprint density at radius 2 is 1.59 bits per heavy atom. The van der Waals surface area contributed by atoms with Crippen molar-refractivity contribution in [3.8, 4) is 11.5 Å². The van der Waals surface area contributed by atoms with Gasteiger partial charge in [0.15, 0.2) is 5.69 Å². The number of hydrogen-bond donors (Lipinski definition) is 0. The van der Waals surface area contributed by atoms with Gasteiger partial charge in [-0.05, 0) is 32.9 Å². The van der Waals surface area contributed by atoms with Crippen LogP contribution in [0.4, 0.5) is 0 Å². The van der Waals surface area contributed by atoms with E-state index in [0.29, 0.717) is 30.3 Å². The van der Waals surface area contributed by atoms with Gasteiger partial charge in [0.05, 0.1) is 0 Å². The molecule has 3 aromatic rings. The summed E-state index contributed by atoms with van der Waals surface area (Å²) in [5.41, 5.74) is 1.44. The fraction of sp³-hybridized carbons (Fsp3) is 0.261. The molecule has 0 saturated carbocycles. The van der Waals surface area contributed by atoms with Crippen molar-refractivity contribution in [2.75, 3.05) is 13.1 Å². The van der Waals surface area contributed by atoms with Crippen LogP contribution in [0, 0.1) is 6.92 Å². The van der Waals surface area contributed by atoms with Crippen molar-refractivity contribution in [1.82, 2.24) is 9.88 Å². The van der Waals surface area contributed by atoms with Crippen LogP contribution in [0.25, 0.3) is 11.5 Å². The lowest BCUT2D eigenvalue weighted by atomic mass is 10.1. The van der Waals surface area contributed by atoms with Crippen molar-refractivity contribution in [2.24, 2.45) is 0 Å². The molecule has 0 bridgehead atoms. The highest BCUT2D eigenvalue weighted by atomic mass is 16.5. The number of carbonyl (C=O) groups is 2. The third-order valence-corrected chi connectivity index (χ3v) is 4.64. The highest BCUT2D eigenvalue weighted by Crippen LogP contribution is 2.25. The van der Waals surface area contributed by atoms with E-state index in [9.17, 15) is 9.59 Å². The van der Waals surface area contributed by atoms with E-state index in [1.165, 1.54) is 0 Å². The molecule has 6 nitrogen and oxygen atoms in total. The van der Waals surface area contributed by atoms with Crippen LogP contribution in [0.2, 0.25) is 0 Å². The Morgan fingerprint density at radius 1 is 1.00 bits per heavy atom. The lowest BCUT2D eigenvalue weighted by Crippen LogP contribution is -2.36. The monoisotopic (exact) mass is 392 g/mol. The smallest absolute Gasteiger partial charge is 0.361 e. The number of rotatable bonds is 7. The molecular weight excluding hydrogens is 368 g/mol. The van der Waals surface area contributed by atoms with E-state index in [0.717, 1.165) is 5.56 Å². The predicted octanol–water partition coefficient (Wildman–Crippen LogP) is 4.42. The van der Waals surface area contributed by atoms with Crippen LogP contribution in [0.5, 0.6) is 0 Å². The summed E-state index contributed by atoms with van der Waals surface area (Å²) in [4.78, 5) is 31.8. The summed E-state index contributed by atoms with van der Waals surface area (Å²) in [5, 5.41) is 0. The molecule has 0 spiro atoms. The predicted molar refractivity (Wildman–Crippen MR) is 109 cm³/mol. The van der Waals surface area contributed by atoms with E-state index < -0.39 is 12.1 Å². The molecule has 0 fully saturated rings. The Morgan fingerprint density at radius 3 is 2.17 bits per heavy atom. The molecule has 3 rings (SSSR count). The Hall–Kier alpha value is -3.41. The van der Waals surface area contributed by atoms with Crippen LogP contribution in [-0.4, -0.2) is 34.8 Å². The molecule has 0 saturated heterocycles. The summed E-state index contributed by atoms with van der Waals surface area (Å²) in [7, 11) is 0. The number of carbonyl (C=O) groups excluding carboxylic acids is 2. The zero-order valence-electron chi connectivity index (χ0n) is 16.8. The van der Waals surface area contributed by atoms with Gasteiger partial charge >= 0.3 is 5.97 Å². The summed E-state index contributed by atoms with van der Waals surface area (Å²) in [6, 6.07) is 18.3. The van der Waals surface area contributed by atoms with Crippen molar-refractivity contribution in [1.29, 1.82) is 0 Å². The van der Waals surface area contributed by atoms with Crippen molar-refractivity contribution < 1.29 is 18.7 Å². The SMILES string of the molecule is CCN(CC)C(=O)[C@H](OC(=O)c1nc(-c2ccccc2)oc1C)c1ccccc1. The summed E-state index contributed by atoms with van der Waals surface area (Å²) >= 11 is 0. The van der Waals surface area contributed by atoms with Gasteiger partial charge in [-0.25, -0.2) is 9.78 Å². The number of aromatic nitrogens is 1. The number of likely N-dealkylation sites (N-methyl/N-ethyl adjacent to an activating group) is 1. The molecule has 6 heteroatoms. The quantitative estimate of drug-likeness (QED) is 0.557. The van der Waals surface area contributed by atoms with Crippen LogP contribution >= 0.6 is 0 Å². The molecule has 0 aliphatic rings. The van der Waals surface area contributed by atoms with Crippen LogP contribution in [-0.2, 0) is 9.53 Å². The summed E-state index contributed by atoms with van der Waals surface area (Å²) in [5.74, 6) is -0.279. The molecule has 0 N–H and O–H groups in total. The number of benzene rings is 2. The molecule has 0 aliphatic heterocycles. The van der Waals surface area contributed by atoms with Gasteiger partial charge in [-0.1, -0.05) is 48.5 Å². The van der Waals surface area contributed by atoms with Crippen LogP contribution in [0.1, 0.15) is 41.8 Å². The number of aryl methyl sites for hydroxylation is 1. The Labute approximate surface area is 170 Å². The first-order valence-electron chi connectivity index (χ1n) is 9.62. The molecule has 0 aliphatic carbocycles. The molecule has 0 radical (unpaired) electrons. The minimum Gasteiger partial charge on any atom is -0.442 e. The second-order valence-corrected chi connectivity index (χ2v) is 6.50. The number of esters is 1. The van der Waals surface area contributed by atoms with Crippen molar-refractivity contribution in [2.45, 2.75) is 26.9 Å². The van der Waals surface area contributed by atoms with Gasteiger partial charge in [0.1, 0.15) is 5.76 Å². The van der Waals surface area contributed by atoms with E-state index in [1.54, 1.807) is 36.1 Å². The molecule has 0 unspecified atom stereocenters. The first-order chi connectivity index (χ1) is 14.0. The van der Waals surface area contributed by atoms with Gasteiger partial charge in [-0.2, -0.15) is 0 Å². The van der Waals surface area contributed by atoms with Crippen molar-refractivity contribution in [3.05, 3.63) is 77.7 Å². The number of amides is 1. The lowest BCUT2D eigenvalue weighted by molar-refractivity contribution is -0.140. The van der Waals surface area contributed by atoms with E-state index in [1.807, 2.05) is 50.2 Å². The van der Waals surface area contributed by atoms with E-state index in [-0.39, 0.29) is 11.6 Å². The molecule has 29 heavy (non-hydrogen) atoms. The minimum atomic E-state index is -1.04. The van der Waals surface area contributed by atoms with Gasteiger partial charge in [-0.3, -0.25) is 4.79 Å². The average Bonchev–Trinajstić information content (AvgIpc) is 3.15. The Kier molecular flexibility index (Phi) is 6.44. The molecule has 150 valence electrons. The van der Waals surface area contributed by atoms with E-state index >= 15 is 0 Å². The van der Waals surface area contributed by atoms with Gasteiger partial charge in [0.25, 0.3) is 5.91 Å². The van der Waals surface area contributed by atoms with Gasteiger partial charge in [0, 0.05) is 24.2 Å². The molecule has 1 amide bonds. The number of hydrogen-bond acceptors (Lipinski definition) is 5. The van der Waals surface area contributed by atoms with E-state index in [4.69, 9.17) is 9.15 Å². The molecule has 1 aromatic heterocycles. The second kappa shape index (κ2) is 9.19. The Bertz CT molecular complexity index is 963. The van der Waals surface area contributed by atoms with E-state index in [2.05, 4.69) is 4.98 Å². The van der Waals surface area contributed by atoms with Crippen LogP contribution in [0.3, 0.4) is 0 Å². The largest absolute Gasteiger partial charge is 0.442 e. The normalized spacial score (nSPS) is 11.7. The summed E-state index contributed by atoms with van der Waals surface area (Å²) in [6.45, 7) is 6.48. The van der Waals surface area contributed by atoms with Gasteiger partial charge in [-0.15, -0.1) is 0 Å². The summed E-state index contributed by atoms with van der Waals surface area (Å²) < 4.78 is 11.3. The fourth-order valence-electron chi connectivity index (χ4n) is 3.04. The molecular formula is C23H24N2O4. The number of oxazole rings is 1. The molecule has 2 aromatic carbocycles. The topological polar surface area (TPSA) is 72.6 Å². The first-order valence-corrected chi connectivity index (χ1v) is 9.62. The third-order valence-electron chi connectivity index (χ3n) is 4.64. The highest BCUT2D eigenvalue weighted by Gasteiger charge is 2.30. The number of nitrogens with zero attached hydrogens (tertiary/aromatic N) is 2. The van der Waals surface area contributed by atoms with Crippen molar-refractivity contribution >= 4 is 11.9 Å². The molecule has 1 heterocycles. The van der Waals surface area contributed by atoms with Crippen LogP contribution in [0.15, 0.2) is 65.1 Å². The zero-order chi connectivity index (χ0) is 20.8. The van der Waals surface area contributed by atoms with Gasteiger partial charge in [0.2, 0.25) is 12.0 Å². The molecule has 1 atom stereocenters. The zero-order valence-corrected chi connectivity index (χ0v) is 16.8. The maximum absolute atomic E-state index is 13.0. The highest BCUT2D eigenvalue weighted by molar-refractivity contribution is 5.92. The van der Waals surface area contributed by atoms with Crippen molar-refractivity contribution in [3.63, 3.8) is 0 Å². The van der Waals surface area contributed by atoms with Crippen LogP contribution < -0.4 is 0 Å². The van der Waals surface area contributed by atoms with Gasteiger partial charge < -0.3 is 14.1 Å². The average molecular weight is 392 g/mol. The lowest BCUT2D eigenvalue weighted by Gasteiger charge is -2.25.